The summed E-state index contributed by atoms with van der Waals surface area (Å²) >= 11 is 0. The second kappa shape index (κ2) is 10.4. The summed E-state index contributed by atoms with van der Waals surface area (Å²) in [4.78, 5) is 7.33. The Hall–Kier alpha value is -5.48. The number of nitrogens with zero attached hydrogens (tertiary/aromatic N) is 4. The van der Waals surface area contributed by atoms with Gasteiger partial charge >= 0.3 is 0 Å². The molecule has 0 unspecified atom stereocenters. The number of benzene rings is 6. The fraction of sp³-hybridized carbons (Fsp3) is 0. The van der Waals surface area contributed by atoms with Crippen LogP contribution in [0.5, 0.6) is 0 Å². The average molecular weight is 515 g/mol. The van der Waals surface area contributed by atoms with Crippen molar-refractivity contribution in [1.82, 2.24) is 14.8 Å². The molecule has 4 nitrogen and oxygen atoms in total. The molecule has 0 aliphatic rings. The highest BCUT2D eigenvalue weighted by Gasteiger charge is 2.19. The number of rotatable bonds is 6. The minimum absolute atomic E-state index is 0.697. The molecule has 190 valence electrons. The van der Waals surface area contributed by atoms with Crippen LogP contribution >= 0.6 is 0 Å². The summed E-state index contributed by atoms with van der Waals surface area (Å²) in [6.45, 7) is 0. The molecule has 1 aromatic heterocycles. The van der Waals surface area contributed by atoms with E-state index in [0.717, 1.165) is 50.5 Å². The summed E-state index contributed by atoms with van der Waals surface area (Å²) in [5, 5.41) is 7.28. The zero-order valence-corrected chi connectivity index (χ0v) is 21.8. The van der Waals surface area contributed by atoms with Crippen LogP contribution in [0.4, 0.5) is 17.1 Å². The second-order valence-electron chi connectivity index (χ2n) is 9.56. The van der Waals surface area contributed by atoms with Crippen LogP contribution in [0.1, 0.15) is 0 Å². The van der Waals surface area contributed by atoms with E-state index in [1.165, 1.54) is 0 Å². The summed E-state index contributed by atoms with van der Waals surface area (Å²) in [6.07, 6.45) is 0. The molecule has 0 saturated heterocycles. The molecule has 6 aromatic carbocycles. The van der Waals surface area contributed by atoms with Crippen LogP contribution in [0.15, 0.2) is 158 Å². The maximum atomic E-state index is 5.06. The molecule has 0 fully saturated rings. The van der Waals surface area contributed by atoms with Crippen LogP contribution in [0.3, 0.4) is 0 Å². The van der Waals surface area contributed by atoms with Crippen molar-refractivity contribution in [2.45, 2.75) is 0 Å². The van der Waals surface area contributed by atoms with E-state index in [1.807, 2.05) is 65.3 Å². The molecule has 0 amide bonds. The van der Waals surface area contributed by atoms with E-state index in [4.69, 9.17) is 10.1 Å². The van der Waals surface area contributed by atoms with Crippen molar-refractivity contribution in [2.24, 2.45) is 0 Å². The molecule has 0 saturated carbocycles. The number of hydrogen-bond donors (Lipinski definition) is 0. The Kier molecular flexibility index (Phi) is 6.11. The normalized spacial score (nSPS) is 11.0. The minimum Gasteiger partial charge on any atom is -0.310 e. The fourth-order valence-corrected chi connectivity index (χ4v) is 5.20. The van der Waals surface area contributed by atoms with Crippen LogP contribution < -0.4 is 4.90 Å². The first kappa shape index (κ1) is 23.6. The highest BCUT2D eigenvalue weighted by atomic mass is 15.4. The van der Waals surface area contributed by atoms with Gasteiger partial charge in [-0.05, 0) is 36.4 Å². The third kappa shape index (κ3) is 4.32. The van der Waals surface area contributed by atoms with Crippen molar-refractivity contribution >= 4 is 27.8 Å². The Labute approximate surface area is 233 Å². The molecule has 40 heavy (non-hydrogen) atoms. The lowest BCUT2D eigenvalue weighted by Gasteiger charge is -2.27. The monoisotopic (exact) mass is 514 g/mol. The van der Waals surface area contributed by atoms with Crippen molar-refractivity contribution in [3.05, 3.63) is 158 Å². The van der Waals surface area contributed by atoms with Gasteiger partial charge in [-0.25, -0.2) is 9.67 Å². The summed E-state index contributed by atoms with van der Waals surface area (Å²) in [7, 11) is 0. The van der Waals surface area contributed by atoms with Gasteiger partial charge in [-0.2, -0.15) is 0 Å². The highest BCUT2D eigenvalue weighted by molar-refractivity contribution is 6.02. The van der Waals surface area contributed by atoms with Gasteiger partial charge in [-0.3, -0.25) is 0 Å². The van der Waals surface area contributed by atoms with Crippen molar-refractivity contribution in [3.63, 3.8) is 0 Å². The van der Waals surface area contributed by atoms with Gasteiger partial charge in [0.25, 0.3) is 0 Å². The van der Waals surface area contributed by atoms with E-state index in [1.54, 1.807) is 0 Å². The zero-order chi connectivity index (χ0) is 26.7. The molecule has 7 aromatic rings. The predicted octanol–water partition coefficient (Wildman–Crippen LogP) is 9.22. The number of hydrogen-bond acceptors (Lipinski definition) is 3. The van der Waals surface area contributed by atoms with E-state index in [0.29, 0.717) is 5.82 Å². The zero-order valence-electron chi connectivity index (χ0n) is 21.8. The third-order valence-corrected chi connectivity index (χ3v) is 7.05. The summed E-state index contributed by atoms with van der Waals surface area (Å²) in [6, 6.07) is 54.3. The molecule has 0 radical (unpaired) electrons. The lowest BCUT2D eigenvalue weighted by molar-refractivity contribution is 0.898. The second-order valence-corrected chi connectivity index (χ2v) is 9.56. The smallest absolute Gasteiger partial charge is 0.182 e. The Morgan fingerprint density at radius 2 is 0.975 bits per heavy atom. The van der Waals surface area contributed by atoms with E-state index in [9.17, 15) is 0 Å². The summed E-state index contributed by atoms with van der Waals surface area (Å²) in [5.41, 5.74) is 6.28. The van der Waals surface area contributed by atoms with Crippen molar-refractivity contribution in [2.75, 3.05) is 4.90 Å². The summed E-state index contributed by atoms with van der Waals surface area (Å²) in [5.74, 6) is 1.50. The lowest BCUT2D eigenvalue weighted by Crippen LogP contribution is -2.10. The highest BCUT2D eigenvalue weighted by Crippen LogP contribution is 2.40. The van der Waals surface area contributed by atoms with Gasteiger partial charge in [0.1, 0.15) is 0 Å². The SMILES string of the molecule is c1ccc(-c2nc(-c3ccccc3)n(-c3cccc4c(N(c5ccccc5)c5ccccc5)cccc34)n2)cc1. The van der Waals surface area contributed by atoms with Crippen LogP contribution in [0.25, 0.3) is 39.2 Å². The molecule has 1 heterocycles. The maximum Gasteiger partial charge on any atom is 0.182 e. The third-order valence-electron chi connectivity index (χ3n) is 7.05. The van der Waals surface area contributed by atoms with E-state index in [2.05, 4.69) is 102 Å². The van der Waals surface area contributed by atoms with Gasteiger partial charge in [0.05, 0.1) is 11.4 Å². The average Bonchev–Trinajstić information content (AvgIpc) is 3.48. The van der Waals surface area contributed by atoms with Crippen LogP contribution in [0, 0.1) is 0 Å². The lowest BCUT2D eigenvalue weighted by atomic mass is 10.0. The molecule has 7 rings (SSSR count). The Bertz CT molecular complexity index is 1840. The number of fused-ring (bicyclic) bond motifs is 1. The van der Waals surface area contributed by atoms with E-state index < -0.39 is 0 Å². The topological polar surface area (TPSA) is 34.0 Å². The minimum atomic E-state index is 0.697. The Morgan fingerprint density at radius 1 is 0.450 bits per heavy atom. The van der Waals surface area contributed by atoms with Gasteiger partial charge in [-0.1, -0.05) is 121 Å². The van der Waals surface area contributed by atoms with Gasteiger partial charge in [-0.15, -0.1) is 5.10 Å². The number of anilines is 3. The van der Waals surface area contributed by atoms with Gasteiger partial charge in [0, 0.05) is 33.3 Å². The molecule has 0 spiro atoms. The Morgan fingerprint density at radius 3 is 1.60 bits per heavy atom. The molecule has 0 atom stereocenters. The van der Waals surface area contributed by atoms with E-state index >= 15 is 0 Å². The largest absolute Gasteiger partial charge is 0.310 e. The standard InChI is InChI=1S/C36H26N4/c1-5-15-27(16-6-1)35-37-36(28-17-7-2-8-18-28)40(38-35)34-26-14-23-31-32(34)24-13-25-33(31)39(29-19-9-3-10-20-29)30-21-11-4-12-22-30/h1-26H. The summed E-state index contributed by atoms with van der Waals surface area (Å²) < 4.78 is 1.99. The number of para-hydroxylation sites is 2. The predicted molar refractivity (Wildman–Crippen MR) is 164 cm³/mol. The quantitative estimate of drug-likeness (QED) is 0.222. The Balaban J connectivity index is 1.46. The van der Waals surface area contributed by atoms with Crippen molar-refractivity contribution in [3.8, 4) is 28.5 Å². The molecule has 0 N–H and O–H groups in total. The first-order chi connectivity index (χ1) is 19.9. The van der Waals surface area contributed by atoms with Gasteiger partial charge < -0.3 is 4.90 Å². The van der Waals surface area contributed by atoms with Gasteiger partial charge in [0.15, 0.2) is 11.6 Å². The van der Waals surface area contributed by atoms with Crippen LogP contribution in [0.2, 0.25) is 0 Å². The number of aromatic nitrogens is 3. The van der Waals surface area contributed by atoms with Crippen LogP contribution in [-0.4, -0.2) is 14.8 Å². The fourth-order valence-electron chi connectivity index (χ4n) is 5.20. The molecular formula is C36H26N4. The molecule has 0 aliphatic carbocycles. The molecular weight excluding hydrogens is 488 g/mol. The van der Waals surface area contributed by atoms with Crippen LogP contribution in [-0.2, 0) is 0 Å². The van der Waals surface area contributed by atoms with E-state index in [-0.39, 0.29) is 0 Å². The van der Waals surface area contributed by atoms with Gasteiger partial charge in [0.2, 0.25) is 0 Å². The first-order valence-corrected chi connectivity index (χ1v) is 13.4. The first-order valence-electron chi connectivity index (χ1n) is 13.4. The molecule has 4 heteroatoms. The maximum absolute atomic E-state index is 5.06. The molecule has 0 bridgehead atoms. The van der Waals surface area contributed by atoms with Crippen molar-refractivity contribution in [1.29, 1.82) is 0 Å². The molecule has 0 aliphatic heterocycles. The van der Waals surface area contributed by atoms with Crippen molar-refractivity contribution < 1.29 is 0 Å².